The Hall–Kier alpha value is -1.97. The van der Waals surface area contributed by atoms with Crippen molar-refractivity contribution >= 4 is 0 Å². The van der Waals surface area contributed by atoms with Crippen LogP contribution < -0.4 is 0 Å². The zero-order valence-electron chi connectivity index (χ0n) is 13.2. The van der Waals surface area contributed by atoms with Crippen molar-refractivity contribution < 1.29 is 17.9 Å². The van der Waals surface area contributed by atoms with E-state index in [1.807, 2.05) is 37.3 Å². The predicted octanol–water partition coefficient (Wildman–Crippen LogP) is 6.10. The number of benzene rings is 1. The highest BCUT2D eigenvalue weighted by Crippen LogP contribution is 2.33. The zero-order chi connectivity index (χ0) is 16.7. The second-order valence-corrected chi connectivity index (χ2v) is 5.51. The minimum absolute atomic E-state index is 0.227. The molecule has 1 aromatic carbocycles. The number of unbranched alkanes of at least 4 members (excludes halogenated alkanes) is 1. The molecule has 1 aliphatic rings. The number of hydrogen-bond acceptors (Lipinski definition) is 1. The van der Waals surface area contributed by atoms with Gasteiger partial charge in [0.1, 0.15) is 12.4 Å². The average Bonchev–Trinajstić information content (AvgIpc) is 2.74. The normalized spacial score (nSPS) is 15.4. The minimum atomic E-state index is -4.32. The Bertz CT molecular complexity index is 595. The van der Waals surface area contributed by atoms with Crippen LogP contribution in [0.3, 0.4) is 0 Å². The van der Waals surface area contributed by atoms with E-state index in [1.54, 1.807) is 6.08 Å². The van der Waals surface area contributed by atoms with Gasteiger partial charge < -0.3 is 4.74 Å². The Labute approximate surface area is 135 Å². The van der Waals surface area contributed by atoms with Gasteiger partial charge in [-0.3, -0.25) is 0 Å². The van der Waals surface area contributed by atoms with Crippen molar-refractivity contribution in [3.63, 3.8) is 0 Å². The number of rotatable bonds is 6. The molecule has 1 aliphatic carbocycles. The lowest BCUT2D eigenvalue weighted by Crippen LogP contribution is -2.10. The first kappa shape index (κ1) is 17.4. The van der Waals surface area contributed by atoms with Gasteiger partial charge in [0.25, 0.3) is 0 Å². The topological polar surface area (TPSA) is 9.23 Å². The fraction of sp³-hybridized carbons (Fsp3) is 0.368. The van der Waals surface area contributed by atoms with Crippen molar-refractivity contribution in [2.24, 2.45) is 0 Å². The number of hydrogen-bond donors (Lipinski definition) is 0. The van der Waals surface area contributed by atoms with E-state index in [1.165, 1.54) is 12.2 Å². The van der Waals surface area contributed by atoms with Gasteiger partial charge >= 0.3 is 6.18 Å². The van der Waals surface area contributed by atoms with Crippen LogP contribution in [0.1, 0.15) is 38.2 Å². The number of halogens is 3. The summed E-state index contributed by atoms with van der Waals surface area (Å²) in [5.41, 5.74) is 1.04. The van der Waals surface area contributed by atoms with Gasteiger partial charge in [-0.1, -0.05) is 49.8 Å². The van der Waals surface area contributed by atoms with Crippen LogP contribution in [0.25, 0.3) is 0 Å². The SMILES string of the molecule is CCCCC1=CC(C(F)(F)F)=CCC=C1OCc1ccccc1. The first-order valence-corrected chi connectivity index (χ1v) is 7.86. The van der Waals surface area contributed by atoms with Crippen LogP contribution in [0.5, 0.6) is 0 Å². The zero-order valence-corrected chi connectivity index (χ0v) is 13.2. The maximum atomic E-state index is 13.0. The second kappa shape index (κ2) is 8.04. The summed E-state index contributed by atoms with van der Waals surface area (Å²) in [5, 5.41) is 0. The molecule has 0 amide bonds. The van der Waals surface area contributed by atoms with Gasteiger partial charge in [0.2, 0.25) is 0 Å². The summed E-state index contributed by atoms with van der Waals surface area (Å²) in [7, 11) is 0. The first-order valence-electron chi connectivity index (χ1n) is 7.86. The highest BCUT2D eigenvalue weighted by atomic mass is 19.4. The summed E-state index contributed by atoms with van der Waals surface area (Å²) in [6, 6.07) is 9.62. The lowest BCUT2D eigenvalue weighted by Gasteiger charge is -2.15. The standard InChI is InChI=1S/C19H21F3O/c1-2-3-10-16-13-17(19(20,21)22)11-7-12-18(16)23-14-15-8-5-4-6-9-15/h4-6,8-9,11-13H,2-3,7,10,14H2,1H3. The molecule has 0 saturated carbocycles. The summed E-state index contributed by atoms with van der Waals surface area (Å²) < 4.78 is 44.9. The van der Waals surface area contributed by atoms with Gasteiger partial charge in [0.05, 0.1) is 5.57 Å². The summed E-state index contributed by atoms with van der Waals surface area (Å²) in [4.78, 5) is 0. The minimum Gasteiger partial charge on any atom is -0.489 e. The Kier molecular flexibility index (Phi) is 6.08. The fourth-order valence-corrected chi connectivity index (χ4v) is 2.39. The van der Waals surface area contributed by atoms with Crippen molar-refractivity contribution in [3.05, 3.63) is 71.0 Å². The highest BCUT2D eigenvalue weighted by molar-refractivity contribution is 5.39. The number of ether oxygens (including phenoxy) is 1. The van der Waals surface area contributed by atoms with E-state index >= 15 is 0 Å². The third kappa shape index (κ3) is 5.31. The average molecular weight is 322 g/mol. The largest absolute Gasteiger partial charge is 0.489 e. The quantitative estimate of drug-likeness (QED) is 0.615. The molecule has 0 bridgehead atoms. The van der Waals surface area contributed by atoms with Crippen LogP contribution in [0.2, 0.25) is 0 Å². The number of allylic oxidation sites excluding steroid dienone is 5. The first-order chi connectivity index (χ1) is 11.0. The molecular formula is C19H21F3O. The van der Waals surface area contributed by atoms with Crippen molar-refractivity contribution in [3.8, 4) is 0 Å². The summed E-state index contributed by atoms with van der Waals surface area (Å²) in [6.07, 6.45) is 2.45. The van der Waals surface area contributed by atoms with Crippen LogP contribution in [0.15, 0.2) is 65.5 Å². The molecule has 0 unspecified atom stereocenters. The van der Waals surface area contributed by atoms with E-state index in [-0.39, 0.29) is 6.42 Å². The van der Waals surface area contributed by atoms with Crippen LogP contribution >= 0.6 is 0 Å². The van der Waals surface area contributed by atoms with Crippen LogP contribution in [0, 0.1) is 0 Å². The molecular weight excluding hydrogens is 301 g/mol. The van der Waals surface area contributed by atoms with Crippen molar-refractivity contribution in [1.82, 2.24) is 0 Å². The Balaban J connectivity index is 2.15. The summed E-state index contributed by atoms with van der Waals surface area (Å²) in [6.45, 7) is 2.38. The molecule has 0 aliphatic heterocycles. The van der Waals surface area contributed by atoms with Gasteiger partial charge in [-0.15, -0.1) is 0 Å². The number of alkyl halides is 3. The van der Waals surface area contributed by atoms with E-state index in [0.29, 0.717) is 24.4 Å². The molecule has 0 saturated heterocycles. The highest BCUT2D eigenvalue weighted by Gasteiger charge is 2.33. The Morgan fingerprint density at radius 1 is 1.09 bits per heavy atom. The molecule has 4 heteroatoms. The molecule has 2 rings (SSSR count). The fourth-order valence-electron chi connectivity index (χ4n) is 2.39. The van der Waals surface area contributed by atoms with Crippen molar-refractivity contribution in [1.29, 1.82) is 0 Å². The second-order valence-electron chi connectivity index (χ2n) is 5.51. The third-order valence-electron chi connectivity index (χ3n) is 3.65. The van der Waals surface area contributed by atoms with Gasteiger partial charge in [-0.2, -0.15) is 13.2 Å². The molecule has 0 heterocycles. The molecule has 0 spiro atoms. The molecule has 0 radical (unpaired) electrons. The van der Waals surface area contributed by atoms with Crippen LogP contribution in [0.4, 0.5) is 13.2 Å². The molecule has 1 nitrogen and oxygen atoms in total. The monoisotopic (exact) mass is 322 g/mol. The van der Waals surface area contributed by atoms with Crippen LogP contribution in [-0.4, -0.2) is 6.18 Å². The maximum Gasteiger partial charge on any atom is 0.416 e. The lowest BCUT2D eigenvalue weighted by molar-refractivity contribution is -0.0884. The van der Waals surface area contributed by atoms with E-state index in [2.05, 4.69) is 0 Å². The van der Waals surface area contributed by atoms with Crippen molar-refractivity contribution in [2.45, 2.75) is 45.4 Å². The van der Waals surface area contributed by atoms with Gasteiger partial charge in [-0.25, -0.2) is 0 Å². The van der Waals surface area contributed by atoms with Gasteiger partial charge in [0, 0.05) is 0 Å². The predicted molar refractivity (Wildman–Crippen MR) is 85.7 cm³/mol. The maximum absolute atomic E-state index is 13.0. The van der Waals surface area contributed by atoms with E-state index in [0.717, 1.165) is 18.4 Å². The molecule has 0 N–H and O–H groups in total. The summed E-state index contributed by atoms with van der Waals surface area (Å²) >= 11 is 0. The molecule has 0 fully saturated rings. The molecule has 1 aromatic rings. The van der Waals surface area contributed by atoms with Gasteiger partial charge in [0.15, 0.2) is 0 Å². The molecule has 124 valence electrons. The van der Waals surface area contributed by atoms with E-state index in [9.17, 15) is 13.2 Å². The molecule has 23 heavy (non-hydrogen) atoms. The Morgan fingerprint density at radius 2 is 1.83 bits per heavy atom. The summed E-state index contributed by atoms with van der Waals surface area (Å²) in [5.74, 6) is 0.567. The van der Waals surface area contributed by atoms with Crippen LogP contribution in [-0.2, 0) is 11.3 Å². The lowest BCUT2D eigenvalue weighted by atomic mass is 10.0. The van der Waals surface area contributed by atoms with E-state index < -0.39 is 11.7 Å². The molecule has 0 aromatic heterocycles. The Morgan fingerprint density at radius 3 is 2.48 bits per heavy atom. The third-order valence-corrected chi connectivity index (χ3v) is 3.65. The smallest absolute Gasteiger partial charge is 0.416 e. The molecule has 0 atom stereocenters. The van der Waals surface area contributed by atoms with E-state index in [4.69, 9.17) is 4.74 Å². The van der Waals surface area contributed by atoms with Gasteiger partial charge in [-0.05, 0) is 42.6 Å². The van der Waals surface area contributed by atoms with Crippen molar-refractivity contribution in [2.75, 3.05) is 0 Å².